The molecule has 1 aromatic rings. The number of hydrogen-bond donors (Lipinski definition) is 3. The summed E-state index contributed by atoms with van der Waals surface area (Å²) < 4.78 is 6.45. The van der Waals surface area contributed by atoms with Gasteiger partial charge >= 0.3 is 5.97 Å². The molecule has 0 radical (unpaired) electrons. The molecule has 174 valence electrons. The predicted molar refractivity (Wildman–Crippen MR) is 125 cm³/mol. The summed E-state index contributed by atoms with van der Waals surface area (Å²) in [6, 6.07) is 5.29. The molecule has 32 heavy (non-hydrogen) atoms. The van der Waals surface area contributed by atoms with Gasteiger partial charge in [-0.2, -0.15) is 0 Å². The first-order valence-electron chi connectivity index (χ1n) is 10.5. The summed E-state index contributed by atoms with van der Waals surface area (Å²) >= 11 is 13.1. The van der Waals surface area contributed by atoms with Crippen molar-refractivity contribution in [3.8, 4) is 5.75 Å². The van der Waals surface area contributed by atoms with Crippen LogP contribution in [-0.2, 0) is 9.59 Å². The fraction of sp³-hybridized carbons (Fsp3) is 0.500. The van der Waals surface area contributed by atoms with Gasteiger partial charge in [-0.25, -0.2) is 0 Å². The molecule has 2 amide bonds. The van der Waals surface area contributed by atoms with E-state index in [4.69, 9.17) is 33.0 Å². The molecule has 1 atom stereocenters. The second kappa shape index (κ2) is 11.3. The Labute approximate surface area is 201 Å². The lowest BCUT2D eigenvalue weighted by molar-refractivity contribution is -0.143. The van der Waals surface area contributed by atoms with E-state index < -0.39 is 5.97 Å². The minimum absolute atomic E-state index is 0.00807. The Kier molecular flexibility index (Phi) is 8.73. The fourth-order valence-corrected chi connectivity index (χ4v) is 5.46. The summed E-state index contributed by atoms with van der Waals surface area (Å²) in [6.45, 7) is 2.43. The van der Waals surface area contributed by atoms with Gasteiger partial charge in [-0.1, -0.05) is 35.0 Å². The van der Waals surface area contributed by atoms with Crippen LogP contribution in [0.4, 0.5) is 0 Å². The highest BCUT2D eigenvalue weighted by Gasteiger charge is 2.29. The Morgan fingerprint density at radius 1 is 1.12 bits per heavy atom. The highest BCUT2D eigenvalue weighted by Crippen LogP contribution is 2.41. The number of carbonyl (C=O) groups excluding carboxylic acids is 2. The van der Waals surface area contributed by atoms with Crippen LogP contribution >= 0.6 is 35.0 Å². The Morgan fingerprint density at radius 3 is 2.41 bits per heavy atom. The highest BCUT2D eigenvalue weighted by atomic mass is 35.5. The third-order valence-corrected chi connectivity index (χ3v) is 7.76. The average Bonchev–Trinajstić information content (AvgIpc) is 3.10. The number of benzene rings is 1. The first kappa shape index (κ1) is 24.7. The maximum Gasteiger partial charge on any atom is 0.306 e. The van der Waals surface area contributed by atoms with Crippen molar-refractivity contribution in [3.63, 3.8) is 0 Å². The van der Waals surface area contributed by atoms with Gasteiger partial charge in [0.1, 0.15) is 5.75 Å². The summed E-state index contributed by atoms with van der Waals surface area (Å²) in [4.78, 5) is 35.7. The number of carbonyl (C=O) groups is 3. The largest absolute Gasteiger partial charge is 0.490 e. The Bertz CT molecular complexity index is 902. The van der Waals surface area contributed by atoms with Crippen molar-refractivity contribution in [1.29, 1.82) is 0 Å². The molecule has 1 heterocycles. The lowest BCUT2D eigenvalue weighted by Crippen LogP contribution is -2.38. The van der Waals surface area contributed by atoms with Gasteiger partial charge in [0, 0.05) is 30.1 Å². The molecule has 10 heteroatoms. The highest BCUT2D eigenvalue weighted by molar-refractivity contribution is 8.06. The molecule has 1 fully saturated rings. The number of rotatable bonds is 8. The van der Waals surface area contributed by atoms with Gasteiger partial charge in [-0.15, -0.1) is 0 Å². The zero-order chi connectivity index (χ0) is 23.3. The van der Waals surface area contributed by atoms with Crippen molar-refractivity contribution >= 4 is 52.7 Å². The van der Waals surface area contributed by atoms with E-state index >= 15 is 0 Å². The summed E-state index contributed by atoms with van der Waals surface area (Å²) in [5.74, 6) is -0.736. The third kappa shape index (κ3) is 6.56. The van der Waals surface area contributed by atoms with Crippen LogP contribution in [-0.4, -0.2) is 47.3 Å². The van der Waals surface area contributed by atoms with E-state index in [9.17, 15) is 14.4 Å². The molecule has 3 N–H and O–H groups in total. The summed E-state index contributed by atoms with van der Waals surface area (Å²) in [5.41, 5.74) is 1.31. The van der Waals surface area contributed by atoms with Gasteiger partial charge in [-0.3, -0.25) is 14.4 Å². The van der Waals surface area contributed by atoms with Crippen molar-refractivity contribution in [2.45, 2.75) is 50.4 Å². The second-order valence-corrected chi connectivity index (χ2v) is 10.2. The monoisotopic (exact) mass is 500 g/mol. The lowest BCUT2D eigenvalue weighted by Gasteiger charge is -2.27. The van der Waals surface area contributed by atoms with Crippen molar-refractivity contribution in [1.82, 2.24) is 10.6 Å². The molecular weight excluding hydrogens is 475 g/mol. The molecule has 1 aliphatic carbocycles. The Hall–Kier alpha value is -1.90. The molecule has 7 nitrogen and oxygen atoms in total. The molecule has 2 aliphatic rings. The quantitative estimate of drug-likeness (QED) is 0.465. The summed E-state index contributed by atoms with van der Waals surface area (Å²) in [6.07, 6.45) is 3.05. The van der Waals surface area contributed by atoms with Gasteiger partial charge in [-0.05, 0) is 56.4 Å². The van der Waals surface area contributed by atoms with Crippen molar-refractivity contribution in [2.75, 3.05) is 13.1 Å². The van der Waals surface area contributed by atoms with E-state index in [2.05, 4.69) is 10.6 Å². The molecule has 3 rings (SSSR count). The fourth-order valence-electron chi connectivity index (χ4n) is 3.77. The number of ether oxygens (including phenoxy) is 1. The number of aryl methyl sites for hydroxylation is 1. The minimum atomic E-state index is -0.738. The van der Waals surface area contributed by atoms with Crippen LogP contribution in [0.2, 0.25) is 0 Å². The van der Waals surface area contributed by atoms with Crippen LogP contribution in [0, 0.1) is 12.8 Å². The van der Waals surface area contributed by atoms with Crippen molar-refractivity contribution < 1.29 is 24.2 Å². The van der Waals surface area contributed by atoms with Crippen LogP contribution in [0.1, 0.15) is 48.0 Å². The molecule has 1 aliphatic heterocycles. The summed E-state index contributed by atoms with van der Waals surface area (Å²) in [5, 5.41) is 14.8. The minimum Gasteiger partial charge on any atom is -0.490 e. The molecule has 0 aromatic heterocycles. The number of amides is 2. The standard InChI is InChI=1S/C22H26Cl2N2O5S/c1-12-10-15(31-14-4-2-13(3-5-14)22(29)30)6-7-16(12)20(27)25-8-9-26-21(28)18-11-17(23)19(24)32-18/h6-7,10,13-14,18H,2-5,8-9,11H2,1H3,(H,25,27)(H,26,28)(H,29,30). The number of carboxylic acids is 1. The zero-order valence-electron chi connectivity index (χ0n) is 17.7. The zero-order valence-corrected chi connectivity index (χ0v) is 20.0. The lowest BCUT2D eigenvalue weighted by atomic mass is 9.87. The maximum absolute atomic E-state index is 12.5. The number of thioether (sulfide) groups is 1. The maximum atomic E-state index is 12.5. The van der Waals surface area contributed by atoms with Gasteiger partial charge in [0.25, 0.3) is 5.91 Å². The second-order valence-electron chi connectivity index (χ2n) is 7.94. The molecule has 1 aromatic carbocycles. The Balaban J connectivity index is 1.41. The van der Waals surface area contributed by atoms with Crippen molar-refractivity contribution in [2.24, 2.45) is 5.92 Å². The molecule has 0 bridgehead atoms. The number of allylic oxidation sites excluding steroid dienone is 1. The number of halogens is 2. The topological polar surface area (TPSA) is 105 Å². The third-order valence-electron chi connectivity index (χ3n) is 5.59. The number of carboxylic acid groups (broad SMARTS) is 1. The van der Waals surface area contributed by atoms with E-state index in [0.717, 1.165) is 5.56 Å². The first-order valence-corrected chi connectivity index (χ1v) is 12.1. The van der Waals surface area contributed by atoms with E-state index in [1.807, 2.05) is 13.0 Å². The first-order chi connectivity index (χ1) is 15.2. The number of aliphatic carboxylic acids is 1. The number of hydrogen-bond acceptors (Lipinski definition) is 5. The van der Waals surface area contributed by atoms with Crippen LogP contribution in [0.5, 0.6) is 5.75 Å². The van der Waals surface area contributed by atoms with Gasteiger partial charge < -0.3 is 20.5 Å². The normalized spacial score (nSPS) is 23.0. The number of nitrogens with one attached hydrogen (secondary N) is 2. The molecule has 0 spiro atoms. The molecule has 1 saturated carbocycles. The predicted octanol–water partition coefficient (Wildman–Crippen LogP) is 4.02. The van der Waals surface area contributed by atoms with E-state index in [0.29, 0.717) is 65.9 Å². The van der Waals surface area contributed by atoms with Gasteiger partial charge in [0.2, 0.25) is 5.91 Å². The van der Waals surface area contributed by atoms with E-state index in [1.54, 1.807) is 12.1 Å². The van der Waals surface area contributed by atoms with Crippen LogP contribution in [0.3, 0.4) is 0 Å². The van der Waals surface area contributed by atoms with Crippen LogP contribution in [0.15, 0.2) is 27.6 Å². The van der Waals surface area contributed by atoms with E-state index in [1.165, 1.54) is 11.8 Å². The molecule has 1 unspecified atom stereocenters. The van der Waals surface area contributed by atoms with Crippen LogP contribution in [0.25, 0.3) is 0 Å². The SMILES string of the molecule is Cc1cc(OC2CCC(C(=O)O)CC2)ccc1C(=O)NCCNC(=O)C1CC(Cl)=C(Cl)S1. The van der Waals surface area contributed by atoms with E-state index in [-0.39, 0.29) is 29.1 Å². The Morgan fingerprint density at radius 2 is 1.81 bits per heavy atom. The molecular formula is C22H26Cl2N2O5S. The summed E-state index contributed by atoms with van der Waals surface area (Å²) in [7, 11) is 0. The van der Waals surface area contributed by atoms with Crippen LogP contribution < -0.4 is 15.4 Å². The molecule has 0 saturated heterocycles. The van der Waals surface area contributed by atoms with Crippen molar-refractivity contribution in [3.05, 3.63) is 38.7 Å². The van der Waals surface area contributed by atoms with Gasteiger partial charge in [0.05, 0.1) is 21.6 Å². The smallest absolute Gasteiger partial charge is 0.306 e. The average molecular weight is 501 g/mol. The van der Waals surface area contributed by atoms with Gasteiger partial charge in [0.15, 0.2) is 0 Å².